The van der Waals surface area contributed by atoms with Crippen molar-refractivity contribution in [3.8, 4) is 0 Å². The lowest BCUT2D eigenvalue weighted by molar-refractivity contribution is -0.120. The predicted octanol–water partition coefficient (Wildman–Crippen LogP) is 4.77. The summed E-state index contributed by atoms with van der Waals surface area (Å²) in [5, 5.41) is 3.26. The summed E-state index contributed by atoms with van der Waals surface area (Å²) in [6.07, 6.45) is 0. The van der Waals surface area contributed by atoms with Crippen LogP contribution in [0, 0.1) is 13.8 Å². The van der Waals surface area contributed by atoms with Crippen molar-refractivity contribution in [2.24, 2.45) is 0 Å². The first kappa shape index (κ1) is 20.4. The molecule has 0 aliphatic carbocycles. The smallest absolute Gasteiger partial charge is 0.282 e. The zero-order chi connectivity index (χ0) is 22.1. The van der Waals surface area contributed by atoms with Crippen LogP contribution in [0.4, 0.5) is 17.1 Å². The van der Waals surface area contributed by atoms with E-state index >= 15 is 0 Å². The minimum absolute atomic E-state index is 0.290. The Morgan fingerprint density at radius 2 is 1.55 bits per heavy atom. The number of nitrogens with one attached hydrogen (secondary N) is 1. The Kier molecular flexibility index (Phi) is 5.34. The number of hydrogen-bond donors (Lipinski definition) is 1. The third kappa shape index (κ3) is 3.82. The molecule has 1 N–H and O–H groups in total. The second kappa shape index (κ2) is 8.11. The molecule has 156 valence electrons. The van der Waals surface area contributed by atoms with Crippen molar-refractivity contribution in [1.82, 2.24) is 0 Å². The van der Waals surface area contributed by atoms with Gasteiger partial charge in [0, 0.05) is 25.5 Å². The van der Waals surface area contributed by atoms with Crippen molar-refractivity contribution in [1.29, 1.82) is 0 Å². The molecule has 3 aromatic carbocycles. The van der Waals surface area contributed by atoms with Crippen molar-refractivity contribution >= 4 is 34.4 Å². The van der Waals surface area contributed by atoms with Crippen molar-refractivity contribution in [2.45, 2.75) is 13.8 Å². The number of amides is 2. The van der Waals surface area contributed by atoms with Gasteiger partial charge in [0.2, 0.25) is 0 Å². The largest absolute Gasteiger partial charge is 0.378 e. The number of imide groups is 1. The van der Waals surface area contributed by atoms with Gasteiger partial charge in [-0.2, -0.15) is 0 Å². The molecule has 0 fully saturated rings. The van der Waals surface area contributed by atoms with Gasteiger partial charge in [-0.1, -0.05) is 54.1 Å². The van der Waals surface area contributed by atoms with E-state index in [1.165, 1.54) is 4.90 Å². The summed E-state index contributed by atoms with van der Waals surface area (Å²) in [7, 11) is 3.85. The van der Waals surface area contributed by atoms with Gasteiger partial charge in [0.25, 0.3) is 11.8 Å². The maximum atomic E-state index is 13.5. The first-order chi connectivity index (χ1) is 14.9. The summed E-state index contributed by atoms with van der Waals surface area (Å²) < 4.78 is 0. The number of benzene rings is 3. The van der Waals surface area contributed by atoms with Crippen LogP contribution in [0.5, 0.6) is 0 Å². The van der Waals surface area contributed by atoms with Crippen LogP contribution in [0.3, 0.4) is 0 Å². The normalized spacial score (nSPS) is 13.7. The lowest BCUT2D eigenvalue weighted by atomic mass is 10.0. The summed E-state index contributed by atoms with van der Waals surface area (Å²) in [5.74, 6) is -0.695. The molecule has 0 unspecified atom stereocenters. The van der Waals surface area contributed by atoms with Crippen LogP contribution in [0.1, 0.15) is 16.7 Å². The molecule has 4 rings (SSSR count). The zero-order valence-corrected chi connectivity index (χ0v) is 18.1. The number of nitrogens with zero attached hydrogens (tertiary/aromatic N) is 2. The van der Waals surface area contributed by atoms with E-state index in [9.17, 15) is 9.59 Å². The molecule has 1 aliphatic heterocycles. The third-order valence-corrected chi connectivity index (χ3v) is 5.39. The van der Waals surface area contributed by atoms with Crippen LogP contribution >= 0.6 is 0 Å². The maximum Gasteiger partial charge on any atom is 0.282 e. The fourth-order valence-electron chi connectivity index (χ4n) is 3.75. The Morgan fingerprint density at radius 3 is 2.23 bits per heavy atom. The molecule has 0 radical (unpaired) electrons. The quantitative estimate of drug-likeness (QED) is 0.615. The van der Waals surface area contributed by atoms with Crippen LogP contribution in [0.2, 0.25) is 0 Å². The van der Waals surface area contributed by atoms with Crippen molar-refractivity contribution in [2.75, 3.05) is 29.2 Å². The van der Waals surface area contributed by atoms with Gasteiger partial charge in [0.1, 0.15) is 5.70 Å². The second-order valence-corrected chi connectivity index (χ2v) is 7.92. The monoisotopic (exact) mass is 411 g/mol. The average Bonchev–Trinajstić information content (AvgIpc) is 3.00. The van der Waals surface area contributed by atoms with Crippen LogP contribution < -0.4 is 15.1 Å². The number of rotatable bonds is 5. The van der Waals surface area contributed by atoms with Crippen LogP contribution in [-0.4, -0.2) is 25.9 Å². The molecule has 0 bridgehead atoms. The van der Waals surface area contributed by atoms with Gasteiger partial charge in [0.15, 0.2) is 0 Å². The van der Waals surface area contributed by atoms with Gasteiger partial charge < -0.3 is 10.2 Å². The first-order valence-electron chi connectivity index (χ1n) is 10.2. The Bertz CT molecular complexity index is 1200. The summed E-state index contributed by atoms with van der Waals surface area (Å²) in [4.78, 5) is 30.3. The molecule has 5 heteroatoms. The van der Waals surface area contributed by atoms with Gasteiger partial charge in [-0.25, -0.2) is 4.90 Å². The Balaban J connectivity index is 1.82. The first-order valence-corrected chi connectivity index (χ1v) is 10.2. The summed E-state index contributed by atoms with van der Waals surface area (Å²) in [5.41, 5.74) is 5.78. The average molecular weight is 412 g/mol. The predicted molar refractivity (Wildman–Crippen MR) is 126 cm³/mol. The van der Waals surface area contributed by atoms with Crippen molar-refractivity contribution in [3.05, 3.63) is 95.2 Å². The van der Waals surface area contributed by atoms with E-state index in [0.717, 1.165) is 22.5 Å². The van der Waals surface area contributed by atoms with Gasteiger partial charge in [-0.15, -0.1) is 0 Å². The number of hydrogen-bond acceptors (Lipinski definition) is 4. The molecular formula is C26H25N3O2. The van der Waals surface area contributed by atoms with Crippen molar-refractivity contribution in [3.63, 3.8) is 0 Å². The van der Waals surface area contributed by atoms with Gasteiger partial charge in [0.05, 0.1) is 11.3 Å². The molecule has 2 amide bonds. The maximum absolute atomic E-state index is 13.5. The van der Waals surface area contributed by atoms with Crippen molar-refractivity contribution < 1.29 is 9.59 Å². The highest BCUT2D eigenvalue weighted by Crippen LogP contribution is 2.35. The van der Waals surface area contributed by atoms with E-state index in [4.69, 9.17) is 0 Å². The van der Waals surface area contributed by atoms with Crippen LogP contribution in [-0.2, 0) is 9.59 Å². The van der Waals surface area contributed by atoms with E-state index in [-0.39, 0.29) is 11.8 Å². The molecule has 31 heavy (non-hydrogen) atoms. The van der Waals surface area contributed by atoms with Gasteiger partial charge in [-0.05, 0) is 49.2 Å². The zero-order valence-electron chi connectivity index (χ0n) is 18.1. The summed E-state index contributed by atoms with van der Waals surface area (Å²) in [6, 6.07) is 22.7. The molecule has 0 aromatic heterocycles. The molecule has 0 spiro atoms. The molecule has 0 atom stereocenters. The highest BCUT2D eigenvalue weighted by atomic mass is 16.2. The van der Waals surface area contributed by atoms with E-state index in [1.807, 2.05) is 99.6 Å². The van der Waals surface area contributed by atoms with Gasteiger partial charge in [-0.3, -0.25) is 9.59 Å². The van der Waals surface area contributed by atoms with Gasteiger partial charge >= 0.3 is 0 Å². The molecule has 1 aliphatic rings. The van der Waals surface area contributed by atoms with E-state index in [1.54, 1.807) is 6.07 Å². The van der Waals surface area contributed by atoms with Crippen LogP contribution in [0.25, 0.3) is 5.57 Å². The molecule has 5 nitrogen and oxygen atoms in total. The fourth-order valence-corrected chi connectivity index (χ4v) is 3.75. The fraction of sp³-hybridized carbons (Fsp3) is 0.154. The topological polar surface area (TPSA) is 52.7 Å². The number of anilines is 3. The summed E-state index contributed by atoms with van der Waals surface area (Å²) in [6.45, 7) is 4.01. The Hall–Kier alpha value is -3.86. The highest BCUT2D eigenvalue weighted by Gasteiger charge is 2.40. The Morgan fingerprint density at radius 1 is 0.806 bits per heavy atom. The van der Waals surface area contributed by atoms with E-state index in [2.05, 4.69) is 5.32 Å². The third-order valence-electron chi connectivity index (χ3n) is 5.39. The van der Waals surface area contributed by atoms with E-state index in [0.29, 0.717) is 22.5 Å². The second-order valence-electron chi connectivity index (χ2n) is 7.92. The minimum Gasteiger partial charge on any atom is -0.378 e. The Labute approximate surface area is 182 Å². The minimum atomic E-state index is -0.361. The van der Waals surface area contributed by atoms with E-state index < -0.39 is 0 Å². The SMILES string of the molecule is Cc1ccc(NC2=C(c3ccccc3)C(=O)N(c3cccc(N(C)C)c3)C2=O)c(C)c1. The summed E-state index contributed by atoms with van der Waals surface area (Å²) >= 11 is 0. The standard InChI is InChI=1S/C26H25N3O2/c1-17-13-14-22(18(2)15-17)27-24-23(19-9-6-5-7-10-19)25(30)29(26(24)31)21-12-8-11-20(16-21)28(3)4/h5-16,27H,1-4H3. The molecule has 0 saturated heterocycles. The lowest BCUT2D eigenvalue weighted by Gasteiger charge is -2.19. The molecule has 3 aromatic rings. The number of aryl methyl sites for hydroxylation is 2. The van der Waals surface area contributed by atoms with Crippen LogP contribution in [0.15, 0.2) is 78.5 Å². The lowest BCUT2D eigenvalue weighted by Crippen LogP contribution is -2.32. The number of carbonyl (C=O) groups is 2. The molecule has 0 saturated carbocycles. The highest BCUT2D eigenvalue weighted by molar-refractivity contribution is 6.46. The molecule has 1 heterocycles. The molecular weight excluding hydrogens is 386 g/mol. The number of carbonyl (C=O) groups excluding carboxylic acids is 2.